The molecule has 0 spiro atoms. The van der Waals surface area contributed by atoms with Crippen molar-refractivity contribution >= 4 is 0 Å². The molecule has 1 aliphatic rings. The van der Waals surface area contributed by atoms with Gasteiger partial charge in [-0.1, -0.05) is 5.57 Å². The van der Waals surface area contributed by atoms with E-state index >= 15 is 0 Å². The first kappa shape index (κ1) is 11.7. The predicted octanol–water partition coefficient (Wildman–Crippen LogP) is 0.873. The molecule has 0 radical (unpaired) electrons. The highest BCUT2D eigenvalue weighted by molar-refractivity contribution is 4.89. The van der Waals surface area contributed by atoms with Crippen LogP contribution in [0.15, 0.2) is 12.2 Å². The van der Waals surface area contributed by atoms with E-state index in [2.05, 4.69) is 23.7 Å². The van der Waals surface area contributed by atoms with Crippen LogP contribution < -0.4 is 5.32 Å². The summed E-state index contributed by atoms with van der Waals surface area (Å²) in [6.07, 6.45) is 1.46. The van der Waals surface area contributed by atoms with Crippen molar-refractivity contribution in [1.29, 1.82) is 0 Å². The van der Waals surface area contributed by atoms with Crippen LogP contribution in [0.25, 0.3) is 0 Å². The van der Waals surface area contributed by atoms with Gasteiger partial charge in [-0.15, -0.1) is 6.58 Å². The van der Waals surface area contributed by atoms with Crippen molar-refractivity contribution < 1.29 is 4.74 Å². The zero-order valence-corrected chi connectivity index (χ0v) is 9.38. The van der Waals surface area contributed by atoms with Crippen LogP contribution in [-0.4, -0.2) is 50.8 Å². The molecular formula is C11H22N2O. The molecule has 1 saturated heterocycles. The topological polar surface area (TPSA) is 24.5 Å². The van der Waals surface area contributed by atoms with Crippen molar-refractivity contribution in [2.45, 2.75) is 19.4 Å². The van der Waals surface area contributed by atoms with Crippen molar-refractivity contribution in [1.82, 2.24) is 10.2 Å². The lowest BCUT2D eigenvalue weighted by molar-refractivity contribution is -0.0257. The Morgan fingerprint density at radius 1 is 1.64 bits per heavy atom. The number of ether oxygens (including phenoxy) is 1. The van der Waals surface area contributed by atoms with E-state index in [1.807, 2.05) is 7.05 Å². The number of hydrogen-bond acceptors (Lipinski definition) is 3. The molecule has 0 aromatic rings. The average molecular weight is 198 g/mol. The quantitative estimate of drug-likeness (QED) is 0.664. The number of hydrogen-bond donors (Lipinski definition) is 1. The molecule has 1 aliphatic heterocycles. The maximum atomic E-state index is 5.63. The maximum Gasteiger partial charge on any atom is 0.0826 e. The molecule has 1 unspecified atom stereocenters. The Morgan fingerprint density at radius 3 is 3.07 bits per heavy atom. The summed E-state index contributed by atoms with van der Waals surface area (Å²) in [5.74, 6) is 0. The Kier molecular flexibility index (Phi) is 5.15. The molecule has 0 aromatic heterocycles. The molecule has 3 nitrogen and oxygen atoms in total. The second kappa shape index (κ2) is 6.17. The summed E-state index contributed by atoms with van der Waals surface area (Å²) in [5.41, 5.74) is 1.27. The van der Waals surface area contributed by atoms with Gasteiger partial charge in [0.25, 0.3) is 0 Å². The highest BCUT2D eigenvalue weighted by Crippen LogP contribution is 2.06. The smallest absolute Gasteiger partial charge is 0.0826 e. The standard InChI is InChI=1S/C11H22N2O/c1-10(2)4-5-13-6-7-14-11(9-13)8-12-3/h11-12H,1,4-9H2,2-3H3. The van der Waals surface area contributed by atoms with Crippen molar-refractivity contribution in [3.8, 4) is 0 Å². The summed E-state index contributed by atoms with van der Waals surface area (Å²) in [4.78, 5) is 2.46. The van der Waals surface area contributed by atoms with E-state index in [4.69, 9.17) is 4.74 Å². The van der Waals surface area contributed by atoms with Crippen LogP contribution in [-0.2, 0) is 4.74 Å². The molecule has 0 saturated carbocycles. The zero-order valence-electron chi connectivity index (χ0n) is 9.38. The largest absolute Gasteiger partial charge is 0.374 e. The van der Waals surface area contributed by atoms with Crippen LogP contribution in [0.4, 0.5) is 0 Å². The normalized spacial score (nSPS) is 23.7. The van der Waals surface area contributed by atoms with Gasteiger partial charge in [-0.2, -0.15) is 0 Å². The van der Waals surface area contributed by atoms with Crippen LogP contribution in [0, 0.1) is 0 Å². The summed E-state index contributed by atoms with van der Waals surface area (Å²) in [6, 6.07) is 0. The van der Waals surface area contributed by atoms with Crippen LogP contribution in [0.3, 0.4) is 0 Å². The van der Waals surface area contributed by atoms with E-state index in [-0.39, 0.29) is 0 Å². The van der Waals surface area contributed by atoms with Crippen LogP contribution in [0.2, 0.25) is 0 Å². The van der Waals surface area contributed by atoms with Gasteiger partial charge in [0.05, 0.1) is 12.7 Å². The molecule has 1 N–H and O–H groups in total. The number of morpholine rings is 1. The minimum atomic E-state index is 0.360. The molecule has 3 heteroatoms. The van der Waals surface area contributed by atoms with Crippen molar-refractivity contribution in [3.05, 3.63) is 12.2 Å². The number of nitrogens with one attached hydrogen (secondary N) is 1. The molecule has 14 heavy (non-hydrogen) atoms. The fourth-order valence-electron chi connectivity index (χ4n) is 1.68. The molecular weight excluding hydrogens is 176 g/mol. The van der Waals surface area contributed by atoms with Gasteiger partial charge in [0.15, 0.2) is 0 Å². The lowest BCUT2D eigenvalue weighted by atomic mass is 10.2. The van der Waals surface area contributed by atoms with E-state index in [1.165, 1.54) is 5.57 Å². The highest BCUT2D eigenvalue weighted by Gasteiger charge is 2.18. The van der Waals surface area contributed by atoms with E-state index in [0.717, 1.165) is 39.2 Å². The Hall–Kier alpha value is -0.380. The van der Waals surface area contributed by atoms with Crippen LogP contribution in [0.1, 0.15) is 13.3 Å². The van der Waals surface area contributed by atoms with Gasteiger partial charge < -0.3 is 10.1 Å². The summed E-state index contributed by atoms with van der Waals surface area (Å²) in [5, 5.41) is 3.15. The second-order valence-electron chi connectivity index (χ2n) is 4.06. The van der Waals surface area contributed by atoms with Gasteiger partial charge in [0.2, 0.25) is 0 Å². The molecule has 1 rings (SSSR count). The second-order valence-corrected chi connectivity index (χ2v) is 4.06. The van der Waals surface area contributed by atoms with Crippen LogP contribution >= 0.6 is 0 Å². The predicted molar refractivity (Wildman–Crippen MR) is 59.5 cm³/mol. The van der Waals surface area contributed by atoms with E-state index in [9.17, 15) is 0 Å². The Balaban J connectivity index is 2.21. The number of rotatable bonds is 5. The summed E-state index contributed by atoms with van der Waals surface area (Å²) < 4.78 is 5.63. The molecule has 0 aliphatic carbocycles. The van der Waals surface area contributed by atoms with Gasteiger partial charge in [0.1, 0.15) is 0 Å². The van der Waals surface area contributed by atoms with E-state index in [0.29, 0.717) is 6.10 Å². The molecule has 1 heterocycles. The minimum Gasteiger partial charge on any atom is -0.374 e. The Labute approximate surface area is 87.1 Å². The monoisotopic (exact) mass is 198 g/mol. The fraction of sp³-hybridized carbons (Fsp3) is 0.818. The SMILES string of the molecule is C=C(C)CCN1CCOC(CNC)C1. The van der Waals surface area contributed by atoms with Crippen molar-refractivity contribution in [2.75, 3.05) is 39.8 Å². The molecule has 1 atom stereocenters. The third-order valence-electron chi connectivity index (χ3n) is 2.51. The summed E-state index contributed by atoms with van der Waals surface area (Å²) in [7, 11) is 1.97. The lowest BCUT2D eigenvalue weighted by Gasteiger charge is -2.32. The molecule has 82 valence electrons. The van der Waals surface area contributed by atoms with Gasteiger partial charge in [0, 0.05) is 26.2 Å². The van der Waals surface area contributed by atoms with E-state index < -0.39 is 0 Å². The Morgan fingerprint density at radius 2 is 2.43 bits per heavy atom. The van der Waals surface area contributed by atoms with Crippen molar-refractivity contribution in [3.63, 3.8) is 0 Å². The molecule has 0 aromatic carbocycles. The maximum absolute atomic E-state index is 5.63. The fourth-order valence-corrected chi connectivity index (χ4v) is 1.68. The molecule has 1 fully saturated rings. The minimum absolute atomic E-state index is 0.360. The van der Waals surface area contributed by atoms with Gasteiger partial charge in [-0.3, -0.25) is 4.90 Å². The Bertz CT molecular complexity index is 180. The number of nitrogens with zero attached hydrogens (tertiary/aromatic N) is 1. The zero-order chi connectivity index (χ0) is 10.4. The van der Waals surface area contributed by atoms with Gasteiger partial charge in [-0.05, 0) is 20.4 Å². The van der Waals surface area contributed by atoms with Gasteiger partial charge >= 0.3 is 0 Å². The van der Waals surface area contributed by atoms with Crippen molar-refractivity contribution in [2.24, 2.45) is 0 Å². The first-order valence-corrected chi connectivity index (χ1v) is 5.35. The molecule has 0 bridgehead atoms. The first-order valence-electron chi connectivity index (χ1n) is 5.35. The third-order valence-corrected chi connectivity index (χ3v) is 2.51. The summed E-state index contributed by atoms with van der Waals surface area (Å²) in [6.45, 7) is 11.1. The summed E-state index contributed by atoms with van der Waals surface area (Å²) >= 11 is 0. The first-order chi connectivity index (χ1) is 6.72. The number of likely N-dealkylation sites (N-methyl/N-ethyl adjacent to an activating group) is 1. The average Bonchev–Trinajstić information content (AvgIpc) is 2.16. The lowest BCUT2D eigenvalue weighted by Crippen LogP contribution is -2.46. The van der Waals surface area contributed by atoms with E-state index in [1.54, 1.807) is 0 Å². The highest BCUT2D eigenvalue weighted by atomic mass is 16.5. The third kappa shape index (κ3) is 4.22. The van der Waals surface area contributed by atoms with Gasteiger partial charge in [-0.25, -0.2) is 0 Å². The molecule has 0 amide bonds. The van der Waals surface area contributed by atoms with Crippen LogP contribution in [0.5, 0.6) is 0 Å².